The Bertz CT molecular complexity index is 396. The van der Waals surface area contributed by atoms with Crippen LogP contribution in [0, 0.1) is 0 Å². The number of likely N-dealkylation sites (N-methyl/N-ethyl adjacent to an activating group) is 1. The lowest BCUT2D eigenvalue weighted by Gasteiger charge is -2.18. The number of rotatable bonds is 6. The number of nitrogens with one attached hydrogen (secondary N) is 1. The predicted molar refractivity (Wildman–Crippen MR) is 72.2 cm³/mol. The minimum absolute atomic E-state index is 0.730. The Morgan fingerprint density at radius 1 is 1.53 bits per heavy atom. The van der Waals surface area contributed by atoms with E-state index < -0.39 is 0 Å². The number of hydrogen-bond donors (Lipinski definition) is 1. The molecule has 0 radical (unpaired) electrons. The molecule has 1 aromatic heterocycles. The van der Waals surface area contributed by atoms with Gasteiger partial charge in [0.05, 0.1) is 5.69 Å². The molecule has 0 amide bonds. The summed E-state index contributed by atoms with van der Waals surface area (Å²) in [5, 5.41) is 3.48. The van der Waals surface area contributed by atoms with E-state index in [1.54, 1.807) is 0 Å². The van der Waals surface area contributed by atoms with Gasteiger partial charge in [0.25, 0.3) is 0 Å². The van der Waals surface area contributed by atoms with Crippen LogP contribution in [0.15, 0.2) is 30.4 Å². The Hall–Kier alpha value is -1.35. The lowest BCUT2D eigenvalue weighted by Crippen LogP contribution is -2.21. The maximum absolute atomic E-state index is 4.65. The molecule has 2 rings (SSSR count). The number of hydrogen-bond acceptors (Lipinski definition) is 3. The van der Waals surface area contributed by atoms with E-state index in [4.69, 9.17) is 0 Å². The van der Waals surface area contributed by atoms with Crippen LogP contribution in [0.2, 0.25) is 0 Å². The summed E-state index contributed by atoms with van der Waals surface area (Å²) in [7, 11) is 2.05. The van der Waals surface area contributed by atoms with Crippen molar-refractivity contribution in [3.63, 3.8) is 0 Å². The van der Waals surface area contributed by atoms with Gasteiger partial charge < -0.3 is 10.2 Å². The zero-order valence-electron chi connectivity index (χ0n) is 10.7. The van der Waals surface area contributed by atoms with Crippen LogP contribution in [0.25, 0.3) is 0 Å². The first-order valence-corrected chi connectivity index (χ1v) is 6.20. The number of aromatic nitrogens is 1. The summed E-state index contributed by atoms with van der Waals surface area (Å²) < 4.78 is 0. The third-order valence-electron chi connectivity index (χ3n) is 2.84. The van der Waals surface area contributed by atoms with E-state index in [0.29, 0.717) is 0 Å². The normalized spacial score (nSPS) is 14.7. The molecule has 1 N–H and O–H groups in total. The second-order valence-corrected chi connectivity index (χ2v) is 4.96. The highest BCUT2D eigenvalue weighted by molar-refractivity contribution is 5.39. The van der Waals surface area contributed by atoms with Crippen molar-refractivity contribution in [2.45, 2.75) is 32.4 Å². The SMILES string of the molecule is C=C(C)CN(C)c1cccc(CNC2CC2)n1. The molecule has 0 spiro atoms. The van der Waals surface area contributed by atoms with Gasteiger partial charge in [0.1, 0.15) is 5.82 Å². The molecule has 3 heteroatoms. The maximum Gasteiger partial charge on any atom is 0.128 e. The van der Waals surface area contributed by atoms with Crippen molar-refractivity contribution in [2.75, 3.05) is 18.5 Å². The highest BCUT2D eigenvalue weighted by atomic mass is 15.2. The Morgan fingerprint density at radius 2 is 2.29 bits per heavy atom. The van der Waals surface area contributed by atoms with Gasteiger partial charge >= 0.3 is 0 Å². The molecule has 92 valence electrons. The summed E-state index contributed by atoms with van der Waals surface area (Å²) >= 11 is 0. The molecule has 1 heterocycles. The quantitative estimate of drug-likeness (QED) is 0.762. The summed E-state index contributed by atoms with van der Waals surface area (Å²) in [5.41, 5.74) is 2.26. The summed E-state index contributed by atoms with van der Waals surface area (Å²) in [6.45, 7) is 7.69. The van der Waals surface area contributed by atoms with Crippen molar-refractivity contribution < 1.29 is 0 Å². The van der Waals surface area contributed by atoms with Crippen LogP contribution in [0.1, 0.15) is 25.5 Å². The van der Waals surface area contributed by atoms with Crippen LogP contribution >= 0.6 is 0 Å². The molecule has 1 saturated carbocycles. The molecule has 0 saturated heterocycles. The zero-order chi connectivity index (χ0) is 12.3. The van der Waals surface area contributed by atoms with E-state index in [9.17, 15) is 0 Å². The second-order valence-electron chi connectivity index (χ2n) is 4.96. The fourth-order valence-electron chi connectivity index (χ4n) is 1.80. The van der Waals surface area contributed by atoms with Crippen LogP contribution < -0.4 is 10.2 Å². The molecule has 3 nitrogen and oxygen atoms in total. The molecular formula is C14H21N3. The van der Waals surface area contributed by atoms with Crippen molar-refractivity contribution >= 4 is 5.82 Å². The van der Waals surface area contributed by atoms with Crippen molar-refractivity contribution in [2.24, 2.45) is 0 Å². The molecule has 1 aromatic rings. The lowest BCUT2D eigenvalue weighted by atomic mass is 10.3. The van der Waals surface area contributed by atoms with Crippen molar-refractivity contribution in [1.82, 2.24) is 10.3 Å². The van der Waals surface area contributed by atoms with E-state index in [1.165, 1.54) is 12.8 Å². The Labute approximate surface area is 104 Å². The van der Waals surface area contributed by atoms with E-state index in [-0.39, 0.29) is 0 Å². The minimum atomic E-state index is 0.730. The Balaban J connectivity index is 1.96. The van der Waals surface area contributed by atoms with Gasteiger partial charge in [-0.2, -0.15) is 0 Å². The summed E-state index contributed by atoms with van der Waals surface area (Å²) in [5.74, 6) is 1.02. The lowest BCUT2D eigenvalue weighted by molar-refractivity contribution is 0.673. The Kier molecular flexibility index (Phi) is 3.79. The molecule has 0 atom stereocenters. The van der Waals surface area contributed by atoms with E-state index in [1.807, 2.05) is 13.0 Å². The molecule has 1 aliphatic rings. The van der Waals surface area contributed by atoms with Crippen molar-refractivity contribution in [3.05, 3.63) is 36.0 Å². The van der Waals surface area contributed by atoms with Gasteiger partial charge in [-0.25, -0.2) is 4.98 Å². The van der Waals surface area contributed by atoms with Crippen molar-refractivity contribution in [3.8, 4) is 0 Å². The first-order chi connectivity index (χ1) is 8.15. The molecule has 1 aliphatic carbocycles. The van der Waals surface area contributed by atoms with Crippen molar-refractivity contribution in [1.29, 1.82) is 0 Å². The van der Waals surface area contributed by atoms with Crippen LogP contribution in [-0.4, -0.2) is 24.6 Å². The predicted octanol–water partition coefficient (Wildman–Crippen LogP) is 2.35. The highest BCUT2D eigenvalue weighted by Gasteiger charge is 2.20. The summed E-state index contributed by atoms with van der Waals surface area (Å²) in [6, 6.07) is 6.92. The number of pyridine rings is 1. The molecule has 1 fully saturated rings. The molecule has 0 aromatic carbocycles. The van der Waals surface area contributed by atoms with Crippen LogP contribution in [-0.2, 0) is 6.54 Å². The zero-order valence-corrected chi connectivity index (χ0v) is 10.7. The number of anilines is 1. The van der Waals surface area contributed by atoms with E-state index in [0.717, 1.165) is 36.2 Å². The fraction of sp³-hybridized carbons (Fsp3) is 0.500. The standard InChI is InChI=1S/C14H21N3/c1-11(2)10-17(3)14-6-4-5-13(16-14)9-15-12-7-8-12/h4-6,12,15H,1,7-10H2,2-3H3. The van der Waals surface area contributed by atoms with Gasteiger partial charge in [-0.1, -0.05) is 18.2 Å². The first-order valence-electron chi connectivity index (χ1n) is 6.20. The van der Waals surface area contributed by atoms with E-state index in [2.05, 4.69) is 41.0 Å². The number of nitrogens with zero attached hydrogens (tertiary/aromatic N) is 2. The summed E-state index contributed by atoms with van der Waals surface area (Å²) in [4.78, 5) is 6.78. The average Bonchev–Trinajstić information content (AvgIpc) is 3.10. The monoisotopic (exact) mass is 231 g/mol. The highest BCUT2D eigenvalue weighted by Crippen LogP contribution is 2.19. The first kappa shape index (κ1) is 12.1. The van der Waals surface area contributed by atoms with Crippen LogP contribution in [0.5, 0.6) is 0 Å². The van der Waals surface area contributed by atoms with Crippen LogP contribution in [0.4, 0.5) is 5.82 Å². The summed E-state index contributed by atoms with van der Waals surface area (Å²) in [6.07, 6.45) is 2.63. The van der Waals surface area contributed by atoms with Gasteiger partial charge in [-0.15, -0.1) is 0 Å². The molecule has 0 bridgehead atoms. The smallest absolute Gasteiger partial charge is 0.128 e. The minimum Gasteiger partial charge on any atom is -0.356 e. The van der Waals surface area contributed by atoms with Gasteiger partial charge in [0.2, 0.25) is 0 Å². The fourth-order valence-corrected chi connectivity index (χ4v) is 1.80. The Morgan fingerprint density at radius 3 is 2.94 bits per heavy atom. The third kappa shape index (κ3) is 3.86. The topological polar surface area (TPSA) is 28.2 Å². The van der Waals surface area contributed by atoms with Gasteiger partial charge in [0.15, 0.2) is 0 Å². The molecule has 0 aliphatic heterocycles. The third-order valence-corrected chi connectivity index (χ3v) is 2.84. The maximum atomic E-state index is 4.65. The van der Waals surface area contributed by atoms with E-state index >= 15 is 0 Å². The molecule has 17 heavy (non-hydrogen) atoms. The van der Waals surface area contributed by atoms with Gasteiger partial charge in [0, 0.05) is 26.2 Å². The second kappa shape index (κ2) is 5.32. The van der Waals surface area contributed by atoms with Gasteiger partial charge in [-0.05, 0) is 31.9 Å². The molecular weight excluding hydrogens is 210 g/mol. The molecule has 0 unspecified atom stereocenters. The van der Waals surface area contributed by atoms with Gasteiger partial charge in [-0.3, -0.25) is 0 Å². The largest absolute Gasteiger partial charge is 0.356 e. The average molecular weight is 231 g/mol. The van der Waals surface area contributed by atoms with Crippen LogP contribution in [0.3, 0.4) is 0 Å².